The third kappa shape index (κ3) is 2.82. The van der Waals surface area contributed by atoms with E-state index in [1.165, 1.54) is 0 Å². The molecule has 108 valence electrons. The molecule has 0 aromatic heterocycles. The number of aliphatic carboxylic acids is 1. The van der Waals surface area contributed by atoms with Crippen molar-refractivity contribution in [3.05, 3.63) is 30.3 Å². The van der Waals surface area contributed by atoms with Crippen LogP contribution in [0.2, 0.25) is 0 Å². The van der Waals surface area contributed by atoms with Gasteiger partial charge in [-0.1, -0.05) is 18.2 Å². The quantitative estimate of drug-likeness (QED) is 0.907. The van der Waals surface area contributed by atoms with Gasteiger partial charge in [-0.15, -0.1) is 0 Å². The highest BCUT2D eigenvalue weighted by Gasteiger charge is 2.35. The van der Waals surface area contributed by atoms with Crippen LogP contribution in [0.3, 0.4) is 0 Å². The van der Waals surface area contributed by atoms with E-state index in [0.29, 0.717) is 13.0 Å². The van der Waals surface area contributed by atoms with Crippen molar-refractivity contribution in [1.29, 1.82) is 0 Å². The molecule has 1 aliphatic rings. The van der Waals surface area contributed by atoms with E-state index < -0.39 is 12.0 Å². The lowest BCUT2D eigenvalue weighted by molar-refractivity contribution is -0.144. The number of rotatable bonds is 4. The van der Waals surface area contributed by atoms with Gasteiger partial charge >= 0.3 is 5.97 Å². The van der Waals surface area contributed by atoms with E-state index in [9.17, 15) is 9.59 Å². The van der Waals surface area contributed by atoms with Crippen molar-refractivity contribution in [2.45, 2.75) is 31.8 Å². The van der Waals surface area contributed by atoms with Gasteiger partial charge in [-0.05, 0) is 38.9 Å². The van der Waals surface area contributed by atoms with E-state index in [-0.39, 0.29) is 11.9 Å². The van der Waals surface area contributed by atoms with Gasteiger partial charge in [0.05, 0.1) is 6.04 Å². The number of nitrogens with zero attached hydrogens (tertiary/aromatic N) is 2. The zero-order valence-electron chi connectivity index (χ0n) is 11.8. The molecule has 2 atom stereocenters. The Morgan fingerprint density at radius 3 is 2.65 bits per heavy atom. The molecule has 0 saturated carbocycles. The smallest absolute Gasteiger partial charge is 0.320 e. The van der Waals surface area contributed by atoms with Crippen molar-refractivity contribution in [1.82, 2.24) is 4.90 Å². The first-order valence-corrected chi connectivity index (χ1v) is 6.83. The number of piperidine rings is 1. The van der Waals surface area contributed by atoms with Crippen molar-refractivity contribution < 1.29 is 14.7 Å². The molecule has 1 fully saturated rings. The summed E-state index contributed by atoms with van der Waals surface area (Å²) in [4.78, 5) is 27.1. The van der Waals surface area contributed by atoms with Gasteiger partial charge in [0.2, 0.25) is 5.91 Å². The molecule has 0 unspecified atom stereocenters. The van der Waals surface area contributed by atoms with E-state index in [1.54, 1.807) is 23.8 Å². The first-order valence-electron chi connectivity index (χ1n) is 6.83. The van der Waals surface area contributed by atoms with Gasteiger partial charge in [-0.3, -0.25) is 14.5 Å². The molecule has 5 heteroatoms. The second-order valence-corrected chi connectivity index (χ2v) is 5.16. The second kappa shape index (κ2) is 6.05. The maximum absolute atomic E-state index is 12.6. The third-order valence-corrected chi connectivity index (χ3v) is 3.94. The number of hydrogen-bond donors (Lipinski definition) is 1. The Labute approximate surface area is 118 Å². The maximum atomic E-state index is 12.6. The Kier molecular flexibility index (Phi) is 4.39. The molecule has 0 radical (unpaired) electrons. The van der Waals surface area contributed by atoms with Crippen molar-refractivity contribution in [3.63, 3.8) is 0 Å². The minimum Gasteiger partial charge on any atom is -0.480 e. The summed E-state index contributed by atoms with van der Waals surface area (Å²) >= 11 is 0. The van der Waals surface area contributed by atoms with Gasteiger partial charge < -0.3 is 10.0 Å². The van der Waals surface area contributed by atoms with E-state index >= 15 is 0 Å². The SMILES string of the molecule is C[C@H](C(=O)O)N(C)[C@H]1CCCN(c2ccccc2)C1=O. The van der Waals surface area contributed by atoms with E-state index in [1.807, 2.05) is 30.3 Å². The van der Waals surface area contributed by atoms with Crippen LogP contribution in [0.15, 0.2) is 30.3 Å². The fraction of sp³-hybridized carbons (Fsp3) is 0.467. The number of carboxylic acids is 1. The Morgan fingerprint density at radius 2 is 2.05 bits per heavy atom. The van der Waals surface area contributed by atoms with Gasteiger partial charge in [0.25, 0.3) is 0 Å². The van der Waals surface area contributed by atoms with Crippen molar-refractivity contribution >= 4 is 17.6 Å². The van der Waals surface area contributed by atoms with Gasteiger partial charge in [0.1, 0.15) is 6.04 Å². The standard InChI is InChI=1S/C15H20N2O3/c1-11(15(19)20)16(2)13-9-6-10-17(14(13)18)12-7-4-3-5-8-12/h3-5,7-8,11,13H,6,9-10H2,1-2H3,(H,19,20)/t11-,13+/m1/s1. The zero-order chi connectivity index (χ0) is 14.7. The highest BCUT2D eigenvalue weighted by Crippen LogP contribution is 2.23. The largest absolute Gasteiger partial charge is 0.480 e. The summed E-state index contributed by atoms with van der Waals surface area (Å²) in [5.74, 6) is -0.921. The lowest BCUT2D eigenvalue weighted by atomic mass is 10.0. The van der Waals surface area contributed by atoms with Crippen LogP contribution in [0, 0.1) is 0 Å². The van der Waals surface area contributed by atoms with Gasteiger partial charge in [-0.2, -0.15) is 0 Å². The van der Waals surface area contributed by atoms with Crippen LogP contribution in [-0.4, -0.2) is 47.6 Å². The number of para-hydroxylation sites is 1. The molecule has 1 aliphatic heterocycles. The number of carboxylic acid groups (broad SMARTS) is 1. The highest BCUT2D eigenvalue weighted by atomic mass is 16.4. The normalized spacial score (nSPS) is 21.1. The Balaban J connectivity index is 2.17. The molecule has 1 amide bonds. The molecule has 1 saturated heterocycles. The summed E-state index contributed by atoms with van der Waals surface area (Å²) in [6.07, 6.45) is 1.58. The zero-order valence-corrected chi connectivity index (χ0v) is 11.8. The topological polar surface area (TPSA) is 60.9 Å². The minimum absolute atomic E-state index is 0.0157. The predicted octanol–water partition coefficient (Wildman–Crippen LogP) is 1.59. The highest BCUT2D eigenvalue weighted by molar-refractivity contribution is 5.98. The number of carbonyl (C=O) groups is 2. The van der Waals surface area contributed by atoms with Crippen LogP contribution >= 0.6 is 0 Å². The predicted molar refractivity (Wildman–Crippen MR) is 76.7 cm³/mol. The minimum atomic E-state index is -0.905. The fourth-order valence-corrected chi connectivity index (χ4v) is 2.54. The summed E-state index contributed by atoms with van der Waals surface area (Å²) in [6.45, 7) is 2.30. The fourth-order valence-electron chi connectivity index (χ4n) is 2.54. The Hall–Kier alpha value is -1.88. The van der Waals surface area contributed by atoms with Gasteiger partial charge in [0, 0.05) is 12.2 Å². The molecule has 5 nitrogen and oxygen atoms in total. The number of benzene rings is 1. The van der Waals surface area contributed by atoms with Crippen LogP contribution in [0.25, 0.3) is 0 Å². The van der Waals surface area contributed by atoms with Crippen molar-refractivity contribution in [2.75, 3.05) is 18.5 Å². The molecular formula is C15H20N2O3. The lowest BCUT2D eigenvalue weighted by Crippen LogP contribution is -2.55. The number of anilines is 1. The third-order valence-electron chi connectivity index (χ3n) is 3.94. The second-order valence-electron chi connectivity index (χ2n) is 5.16. The number of likely N-dealkylation sites (N-methyl/N-ethyl adjacent to an activating group) is 1. The molecule has 1 aromatic rings. The first kappa shape index (κ1) is 14.5. The molecular weight excluding hydrogens is 256 g/mol. The van der Waals surface area contributed by atoms with Gasteiger partial charge in [0.15, 0.2) is 0 Å². The number of amides is 1. The molecule has 2 rings (SSSR count). The van der Waals surface area contributed by atoms with Crippen molar-refractivity contribution in [3.8, 4) is 0 Å². The van der Waals surface area contributed by atoms with E-state index in [4.69, 9.17) is 5.11 Å². The van der Waals surface area contributed by atoms with E-state index in [0.717, 1.165) is 12.1 Å². The summed E-state index contributed by atoms with van der Waals surface area (Å²) in [7, 11) is 1.70. The number of hydrogen-bond acceptors (Lipinski definition) is 3. The molecule has 1 aromatic carbocycles. The van der Waals surface area contributed by atoms with Crippen LogP contribution in [0.1, 0.15) is 19.8 Å². The molecule has 0 aliphatic carbocycles. The summed E-state index contributed by atoms with van der Waals surface area (Å²) < 4.78 is 0. The maximum Gasteiger partial charge on any atom is 0.320 e. The van der Waals surface area contributed by atoms with E-state index in [2.05, 4.69) is 0 Å². The molecule has 1 heterocycles. The van der Waals surface area contributed by atoms with Gasteiger partial charge in [-0.25, -0.2) is 0 Å². The van der Waals surface area contributed by atoms with Crippen LogP contribution in [0.5, 0.6) is 0 Å². The lowest BCUT2D eigenvalue weighted by Gasteiger charge is -2.38. The average molecular weight is 276 g/mol. The molecule has 20 heavy (non-hydrogen) atoms. The number of carbonyl (C=O) groups excluding carboxylic acids is 1. The Morgan fingerprint density at radius 1 is 1.40 bits per heavy atom. The summed E-state index contributed by atoms with van der Waals surface area (Å²) in [6, 6.07) is 8.48. The van der Waals surface area contributed by atoms with Crippen LogP contribution in [-0.2, 0) is 9.59 Å². The van der Waals surface area contributed by atoms with Crippen LogP contribution < -0.4 is 4.90 Å². The average Bonchev–Trinajstić information content (AvgIpc) is 2.47. The summed E-state index contributed by atoms with van der Waals surface area (Å²) in [5, 5.41) is 9.09. The molecule has 0 spiro atoms. The van der Waals surface area contributed by atoms with Crippen molar-refractivity contribution in [2.24, 2.45) is 0 Å². The van der Waals surface area contributed by atoms with Crippen LogP contribution in [0.4, 0.5) is 5.69 Å². The monoisotopic (exact) mass is 276 g/mol. The molecule has 1 N–H and O–H groups in total. The molecule has 0 bridgehead atoms. The first-order chi connectivity index (χ1) is 9.52. The Bertz CT molecular complexity index is 489. The summed E-state index contributed by atoms with van der Waals surface area (Å²) in [5.41, 5.74) is 0.874.